The van der Waals surface area contributed by atoms with Gasteiger partial charge in [0.15, 0.2) is 0 Å². The van der Waals surface area contributed by atoms with Crippen LogP contribution in [-0.2, 0) is 4.74 Å². The number of rotatable bonds is 4. The lowest BCUT2D eigenvalue weighted by Crippen LogP contribution is -2.31. The minimum atomic E-state index is -0.559. The Hall–Kier alpha value is -0.930. The molecule has 3 nitrogen and oxygen atoms in total. The van der Waals surface area contributed by atoms with Crippen LogP contribution >= 0.6 is 0 Å². The number of methoxy groups -OCH3 is 1. The van der Waals surface area contributed by atoms with Crippen LogP contribution in [0.1, 0.15) is 43.8 Å². The molecular weight excluding hydrogens is 214 g/mol. The van der Waals surface area contributed by atoms with E-state index in [-0.39, 0.29) is 6.10 Å². The van der Waals surface area contributed by atoms with Crippen LogP contribution in [0.25, 0.3) is 0 Å². The summed E-state index contributed by atoms with van der Waals surface area (Å²) < 4.78 is 5.53. The average Bonchev–Trinajstić information content (AvgIpc) is 2.42. The molecule has 1 aromatic heterocycles. The second kappa shape index (κ2) is 6.12. The molecule has 2 unspecified atom stereocenters. The predicted octanol–water partition coefficient (Wildman–Crippen LogP) is 2.71. The molecule has 2 rings (SSSR count). The molecule has 1 aliphatic carbocycles. The van der Waals surface area contributed by atoms with Gasteiger partial charge in [0.2, 0.25) is 0 Å². The second-order valence-corrected chi connectivity index (χ2v) is 4.83. The monoisotopic (exact) mass is 235 g/mol. The normalized spacial score (nSPS) is 21.1. The number of hydrogen-bond donors (Lipinski definition) is 1. The van der Waals surface area contributed by atoms with Gasteiger partial charge in [0.25, 0.3) is 0 Å². The van der Waals surface area contributed by atoms with Gasteiger partial charge in [-0.25, -0.2) is 0 Å². The van der Waals surface area contributed by atoms with Gasteiger partial charge in [-0.05, 0) is 24.8 Å². The van der Waals surface area contributed by atoms with Crippen molar-refractivity contribution in [1.82, 2.24) is 4.98 Å². The molecule has 17 heavy (non-hydrogen) atoms. The minimum Gasteiger partial charge on any atom is -0.386 e. The highest BCUT2D eigenvalue weighted by Crippen LogP contribution is 2.33. The van der Waals surface area contributed by atoms with E-state index in [1.165, 1.54) is 19.3 Å². The Bertz CT molecular complexity index is 322. The van der Waals surface area contributed by atoms with Gasteiger partial charge in [0.05, 0.1) is 6.10 Å². The molecular formula is C14H21NO2. The number of aliphatic hydroxyl groups is 1. The van der Waals surface area contributed by atoms with Crippen molar-refractivity contribution < 1.29 is 9.84 Å². The van der Waals surface area contributed by atoms with E-state index >= 15 is 0 Å². The fraction of sp³-hybridized carbons (Fsp3) is 0.643. The number of aliphatic hydroxyl groups excluding tert-OH is 1. The zero-order valence-corrected chi connectivity index (χ0v) is 10.4. The standard InChI is InChI=1S/C14H21NO2/c1-17-14(11-6-3-2-4-7-11)13(16)12-8-5-9-15-10-12/h5,8-11,13-14,16H,2-4,6-7H2,1H3. The molecule has 0 amide bonds. The van der Waals surface area contributed by atoms with Crippen LogP contribution < -0.4 is 0 Å². The summed E-state index contributed by atoms with van der Waals surface area (Å²) in [6, 6.07) is 3.76. The Labute approximate surface area is 103 Å². The van der Waals surface area contributed by atoms with Crippen molar-refractivity contribution in [2.75, 3.05) is 7.11 Å². The highest BCUT2D eigenvalue weighted by Gasteiger charge is 2.30. The first-order valence-electron chi connectivity index (χ1n) is 6.43. The number of ether oxygens (including phenoxy) is 1. The van der Waals surface area contributed by atoms with Gasteiger partial charge in [-0.1, -0.05) is 25.3 Å². The van der Waals surface area contributed by atoms with E-state index in [0.717, 1.165) is 18.4 Å². The van der Waals surface area contributed by atoms with Crippen LogP contribution in [0.3, 0.4) is 0 Å². The smallest absolute Gasteiger partial charge is 0.107 e. The van der Waals surface area contributed by atoms with Crippen molar-refractivity contribution in [3.8, 4) is 0 Å². The first-order valence-corrected chi connectivity index (χ1v) is 6.43. The maximum absolute atomic E-state index is 10.4. The summed E-state index contributed by atoms with van der Waals surface area (Å²) in [7, 11) is 1.69. The lowest BCUT2D eigenvalue weighted by molar-refractivity contribution is -0.0560. The highest BCUT2D eigenvalue weighted by atomic mass is 16.5. The third kappa shape index (κ3) is 3.05. The molecule has 0 spiro atoms. The molecule has 0 aliphatic heterocycles. The quantitative estimate of drug-likeness (QED) is 0.872. The molecule has 0 aromatic carbocycles. The minimum absolute atomic E-state index is 0.0977. The molecule has 2 atom stereocenters. The van der Waals surface area contributed by atoms with Crippen molar-refractivity contribution in [3.63, 3.8) is 0 Å². The van der Waals surface area contributed by atoms with Crippen LogP contribution in [0.2, 0.25) is 0 Å². The summed E-state index contributed by atoms with van der Waals surface area (Å²) in [5, 5.41) is 10.4. The lowest BCUT2D eigenvalue weighted by atomic mass is 9.82. The number of hydrogen-bond acceptors (Lipinski definition) is 3. The zero-order chi connectivity index (χ0) is 12.1. The van der Waals surface area contributed by atoms with Crippen molar-refractivity contribution in [3.05, 3.63) is 30.1 Å². The van der Waals surface area contributed by atoms with Crippen molar-refractivity contribution in [2.24, 2.45) is 5.92 Å². The average molecular weight is 235 g/mol. The molecule has 0 radical (unpaired) electrons. The van der Waals surface area contributed by atoms with Gasteiger partial charge in [0.1, 0.15) is 6.10 Å². The summed E-state index contributed by atoms with van der Waals surface area (Å²) >= 11 is 0. The molecule has 1 saturated carbocycles. The van der Waals surface area contributed by atoms with Gasteiger partial charge < -0.3 is 9.84 Å². The Balaban J connectivity index is 2.06. The van der Waals surface area contributed by atoms with Crippen molar-refractivity contribution >= 4 is 0 Å². The SMILES string of the molecule is COC(C1CCCCC1)C(O)c1cccnc1. The summed E-state index contributed by atoms with van der Waals surface area (Å²) in [5.41, 5.74) is 0.852. The second-order valence-electron chi connectivity index (χ2n) is 4.83. The Morgan fingerprint density at radius 2 is 2.12 bits per heavy atom. The van der Waals surface area contributed by atoms with Gasteiger partial charge in [-0.2, -0.15) is 0 Å². The van der Waals surface area contributed by atoms with Crippen LogP contribution in [0.5, 0.6) is 0 Å². The molecule has 1 N–H and O–H groups in total. The zero-order valence-electron chi connectivity index (χ0n) is 10.4. The van der Waals surface area contributed by atoms with Crippen molar-refractivity contribution in [2.45, 2.75) is 44.3 Å². The van der Waals surface area contributed by atoms with E-state index < -0.39 is 6.10 Å². The summed E-state index contributed by atoms with van der Waals surface area (Å²) in [6.45, 7) is 0. The lowest BCUT2D eigenvalue weighted by Gasteiger charge is -2.32. The molecule has 1 fully saturated rings. The summed E-state index contributed by atoms with van der Waals surface area (Å²) in [5.74, 6) is 0.476. The van der Waals surface area contributed by atoms with Crippen LogP contribution in [0, 0.1) is 5.92 Å². The largest absolute Gasteiger partial charge is 0.386 e. The van der Waals surface area contributed by atoms with Crippen molar-refractivity contribution in [1.29, 1.82) is 0 Å². The van der Waals surface area contributed by atoms with Gasteiger partial charge in [-0.15, -0.1) is 0 Å². The van der Waals surface area contributed by atoms with E-state index in [1.807, 2.05) is 12.1 Å². The third-order valence-electron chi connectivity index (χ3n) is 3.72. The maximum Gasteiger partial charge on any atom is 0.107 e. The fourth-order valence-corrected chi connectivity index (χ4v) is 2.78. The van der Waals surface area contributed by atoms with E-state index in [1.54, 1.807) is 19.5 Å². The topological polar surface area (TPSA) is 42.4 Å². The molecule has 94 valence electrons. The maximum atomic E-state index is 10.4. The molecule has 1 aliphatic rings. The number of nitrogens with zero attached hydrogens (tertiary/aromatic N) is 1. The third-order valence-corrected chi connectivity index (χ3v) is 3.72. The molecule has 0 saturated heterocycles. The first-order chi connectivity index (χ1) is 8.33. The first kappa shape index (κ1) is 12.5. The van der Waals surface area contributed by atoms with Crippen LogP contribution in [0.15, 0.2) is 24.5 Å². The summed E-state index contributed by atoms with van der Waals surface area (Å²) in [4.78, 5) is 4.05. The van der Waals surface area contributed by atoms with E-state index in [9.17, 15) is 5.11 Å². The molecule has 0 bridgehead atoms. The highest BCUT2D eigenvalue weighted by molar-refractivity contribution is 5.13. The van der Waals surface area contributed by atoms with E-state index in [0.29, 0.717) is 5.92 Å². The van der Waals surface area contributed by atoms with E-state index in [4.69, 9.17) is 4.74 Å². The Morgan fingerprint density at radius 3 is 2.71 bits per heavy atom. The summed E-state index contributed by atoms with van der Waals surface area (Å²) in [6.07, 6.45) is 8.94. The number of pyridine rings is 1. The predicted molar refractivity (Wildman–Crippen MR) is 66.6 cm³/mol. The molecule has 1 aromatic rings. The van der Waals surface area contributed by atoms with E-state index in [2.05, 4.69) is 4.98 Å². The van der Waals surface area contributed by atoms with Gasteiger partial charge in [0, 0.05) is 25.1 Å². The van der Waals surface area contributed by atoms with Crippen LogP contribution in [-0.4, -0.2) is 23.3 Å². The van der Waals surface area contributed by atoms with Crippen LogP contribution in [0.4, 0.5) is 0 Å². The molecule has 3 heteroatoms. The number of aromatic nitrogens is 1. The Morgan fingerprint density at radius 1 is 1.35 bits per heavy atom. The van der Waals surface area contributed by atoms with Gasteiger partial charge >= 0.3 is 0 Å². The fourth-order valence-electron chi connectivity index (χ4n) is 2.78. The Kier molecular flexibility index (Phi) is 4.51. The van der Waals surface area contributed by atoms with Gasteiger partial charge in [-0.3, -0.25) is 4.98 Å². The molecule has 1 heterocycles.